The summed E-state index contributed by atoms with van der Waals surface area (Å²) in [6.45, 7) is 8.71. The fraction of sp³-hybridized carbons (Fsp3) is 0.409. The van der Waals surface area contributed by atoms with E-state index in [1.165, 1.54) is 25.9 Å². The van der Waals surface area contributed by atoms with Gasteiger partial charge in [0.2, 0.25) is 0 Å². The first-order valence-corrected chi connectivity index (χ1v) is 11.4. The number of nitrogens with zero attached hydrogens (tertiary/aromatic N) is 1. The van der Waals surface area contributed by atoms with E-state index in [9.17, 15) is 8.42 Å². The Bertz CT molecular complexity index is 1010. The lowest BCUT2D eigenvalue weighted by Crippen LogP contribution is -3.08. The van der Waals surface area contributed by atoms with Crippen LogP contribution in [0, 0.1) is 13.8 Å². The summed E-state index contributed by atoms with van der Waals surface area (Å²) >= 11 is 0. The van der Waals surface area contributed by atoms with E-state index in [1.807, 2.05) is 25.1 Å². The molecule has 1 saturated heterocycles. The van der Waals surface area contributed by atoms with Crippen LogP contribution in [0.25, 0.3) is 0 Å². The average molecular weight is 417 g/mol. The standard InChI is InChI=1S/C22H29N3O3S/c1-16-7-8-17(2)22(13-16)29(26,27)24-23-18(3)19-9-10-21(28-4)20(14-19)15-25-11-5-6-12-25/h7-10,13-14,24H,5-6,11-12,15H2,1-4H3/p+1/b23-18-. The Hall–Kier alpha value is -2.38. The number of hydrazone groups is 1. The third kappa shape index (κ3) is 5.16. The van der Waals surface area contributed by atoms with Crippen LogP contribution in [0.2, 0.25) is 0 Å². The first kappa shape index (κ1) is 21.3. The van der Waals surface area contributed by atoms with Gasteiger partial charge >= 0.3 is 0 Å². The third-order valence-corrected chi connectivity index (χ3v) is 6.77. The number of sulfonamides is 1. The molecule has 1 fully saturated rings. The molecule has 0 aromatic heterocycles. The van der Waals surface area contributed by atoms with Crippen molar-refractivity contribution in [3.63, 3.8) is 0 Å². The molecule has 0 unspecified atom stereocenters. The zero-order valence-electron chi connectivity index (χ0n) is 17.6. The topological polar surface area (TPSA) is 72.2 Å². The molecule has 0 bridgehead atoms. The highest BCUT2D eigenvalue weighted by molar-refractivity contribution is 7.89. The summed E-state index contributed by atoms with van der Waals surface area (Å²) in [5.74, 6) is 0.858. The molecule has 0 atom stereocenters. The van der Waals surface area contributed by atoms with Gasteiger partial charge in [-0.1, -0.05) is 12.1 Å². The molecule has 29 heavy (non-hydrogen) atoms. The SMILES string of the molecule is COc1ccc(/C(C)=N\NS(=O)(=O)c2cc(C)ccc2C)cc1C[NH+]1CCCC1. The summed E-state index contributed by atoms with van der Waals surface area (Å²) in [7, 11) is -2.05. The number of hydrogen-bond donors (Lipinski definition) is 2. The summed E-state index contributed by atoms with van der Waals surface area (Å²) in [6, 6.07) is 11.2. The van der Waals surface area contributed by atoms with Crippen LogP contribution < -0.4 is 14.5 Å². The fourth-order valence-electron chi connectivity index (χ4n) is 3.70. The van der Waals surface area contributed by atoms with E-state index in [0.717, 1.165) is 29.0 Å². The zero-order chi connectivity index (χ0) is 21.0. The molecule has 0 radical (unpaired) electrons. The van der Waals surface area contributed by atoms with Gasteiger partial charge < -0.3 is 9.64 Å². The number of ether oxygens (including phenoxy) is 1. The van der Waals surface area contributed by atoms with Crippen LogP contribution in [0.1, 0.15) is 42.0 Å². The van der Waals surface area contributed by atoms with Crippen molar-refractivity contribution < 1.29 is 18.1 Å². The molecule has 156 valence electrons. The van der Waals surface area contributed by atoms with Crippen LogP contribution in [-0.4, -0.2) is 34.3 Å². The lowest BCUT2D eigenvalue weighted by molar-refractivity contribution is -0.901. The molecule has 2 aromatic carbocycles. The highest BCUT2D eigenvalue weighted by Crippen LogP contribution is 2.20. The number of likely N-dealkylation sites (tertiary alicyclic amines) is 1. The second-order valence-electron chi connectivity index (χ2n) is 7.72. The van der Waals surface area contributed by atoms with E-state index in [4.69, 9.17) is 4.74 Å². The van der Waals surface area contributed by atoms with Gasteiger partial charge in [0.25, 0.3) is 10.0 Å². The summed E-state index contributed by atoms with van der Waals surface area (Å²) < 4.78 is 30.9. The Labute approximate surface area is 173 Å². The summed E-state index contributed by atoms with van der Waals surface area (Å²) in [5.41, 5.74) is 4.19. The van der Waals surface area contributed by atoms with Gasteiger partial charge in [-0.2, -0.15) is 18.4 Å². The molecule has 6 nitrogen and oxygen atoms in total. The predicted octanol–water partition coefficient (Wildman–Crippen LogP) is 2.19. The predicted molar refractivity (Wildman–Crippen MR) is 115 cm³/mol. The molecule has 2 aromatic rings. The Balaban J connectivity index is 1.82. The van der Waals surface area contributed by atoms with E-state index in [1.54, 1.807) is 38.0 Å². The first-order valence-electron chi connectivity index (χ1n) is 9.94. The van der Waals surface area contributed by atoms with Gasteiger partial charge in [-0.3, -0.25) is 0 Å². The minimum atomic E-state index is -3.72. The van der Waals surface area contributed by atoms with Gasteiger partial charge in [0, 0.05) is 18.4 Å². The lowest BCUT2D eigenvalue weighted by atomic mass is 10.1. The van der Waals surface area contributed by atoms with Gasteiger partial charge in [-0.15, -0.1) is 0 Å². The van der Waals surface area contributed by atoms with E-state index < -0.39 is 10.0 Å². The third-order valence-electron chi connectivity index (χ3n) is 5.42. The normalized spacial score (nSPS) is 15.5. The number of rotatable bonds is 7. The van der Waals surface area contributed by atoms with Crippen molar-refractivity contribution in [2.45, 2.75) is 45.1 Å². The van der Waals surface area contributed by atoms with Crippen LogP contribution in [-0.2, 0) is 16.6 Å². The van der Waals surface area contributed by atoms with Gasteiger partial charge in [0.1, 0.15) is 12.3 Å². The molecule has 0 amide bonds. The van der Waals surface area contributed by atoms with Crippen molar-refractivity contribution in [2.75, 3.05) is 20.2 Å². The monoisotopic (exact) mass is 416 g/mol. The number of nitrogens with one attached hydrogen (secondary N) is 2. The zero-order valence-corrected chi connectivity index (χ0v) is 18.4. The van der Waals surface area contributed by atoms with Crippen molar-refractivity contribution in [1.82, 2.24) is 4.83 Å². The van der Waals surface area contributed by atoms with Crippen molar-refractivity contribution >= 4 is 15.7 Å². The molecule has 7 heteroatoms. The van der Waals surface area contributed by atoms with Gasteiger partial charge in [0.15, 0.2) is 0 Å². The highest BCUT2D eigenvalue weighted by Gasteiger charge is 2.19. The Kier molecular flexibility index (Phi) is 6.59. The van der Waals surface area contributed by atoms with Crippen LogP contribution >= 0.6 is 0 Å². The van der Waals surface area contributed by atoms with E-state index in [2.05, 4.69) is 16.0 Å². The molecule has 3 rings (SSSR count). The molecular formula is C22H30N3O3S+. The number of aryl methyl sites for hydroxylation is 2. The van der Waals surface area contributed by atoms with Crippen LogP contribution in [0.3, 0.4) is 0 Å². The Morgan fingerprint density at radius 2 is 1.86 bits per heavy atom. The maximum absolute atomic E-state index is 12.7. The van der Waals surface area contributed by atoms with Crippen molar-refractivity contribution in [2.24, 2.45) is 5.10 Å². The fourth-order valence-corrected chi connectivity index (χ4v) is 4.89. The molecule has 2 N–H and O–H groups in total. The van der Waals surface area contributed by atoms with Crippen molar-refractivity contribution in [3.05, 3.63) is 58.7 Å². The van der Waals surface area contributed by atoms with Gasteiger partial charge in [0.05, 0.1) is 30.8 Å². The van der Waals surface area contributed by atoms with Gasteiger partial charge in [-0.05, 0) is 61.7 Å². The minimum absolute atomic E-state index is 0.252. The largest absolute Gasteiger partial charge is 0.496 e. The summed E-state index contributed by atoms with van der Waals surface area (Å²) in [4.78, 5) is 4.19. The molecule has 0 saturated carbocycles. The van der Waals surface area contributed by atoms with Crippen LogP contribution in [0.5, 0.6) is 5.75 Å². The smallest absolute Gasteiger partial charge is 0.276 e. The van der Waals surface area contributed by atoms with E-state index in [0.29, 0.717) is 11.3 Å². The summed E-state index contributed by atoms with van der Waals surface area (Å²) in [5, 5.41) is 4.17. The van der Waals surface area contributed by atoms with Crippen LogP contribution in [0.15, 0.2) is 46.4 Å². The van der Waals surface area contributed by atoms with Crippen LogP contribution in [0.4, 0.5) is 0 Å². The van der Waals surface area contributed by atoms with E-state index in [-0.39, 0.29) is 4.90 Å². The first-order chi connectivity index (χ1) is 13.8. The molecular weight excluding hydrogens is 386 g/mol. The number of benzene rings is 2. The second-order valence-corrected chi connectivity index (χ2v) is 9.35. The second kappa shape index (κ2) is 8.97. The highest BCUT2D eigenvalue weighted by atomic mass is 32.2. The molecule has 0 aliphatic carbocycles. The quantitative estimate of drug-likeness (QED) is 0.537. The average Bonchev–Trinajstić information content (AvgIpc) is 3.21. The Morgan fingerprint density at radius 3 is 2.55 bits per heavy atom. The van der Waals surface area contributed by atoms with Gasteiger partial charge in [-0.25, -0.2) is 0 Å². The number of methoxy groups -OCH3 is 1. The maximum atomic E-state index is 12.7. The number of quaternary nitrogens is 1. The summed E-state index contributed by atoms with van der Waals surface area (Å²) in [6.07, 6.45) is 2.52. The van der Waals surface area contributed by atoms with E-state index >= 15 is 0 Å². The number of hydrogen-bond acceptors (Lipinski definition) is 4. The molecule has 1 aliphatic heterocycles. The lowest BCUT2D eigenvalue weighted by Gasteiger charge is -2.16. The molecule has 0 spiro atoms. The maximum Gasteiger partial charge on any atom is 0.276 e. The minimum Gasteiger partial charge on any atom is -0.496 e. The molecule has 1 aliphatic rings. The van der Waals surface area contributed by atoms with Crippen molar-refractivity contribution in [1.29, 1.82) is 0 Å². The molecule has 1 heterocycles. The Morgan fingerprint density at radius 1 is 1.14 bits per heavy atom. The van der Waals surface area contributed by atoms with Crippen molar-refractivity contribution in [3.8, 4) is 5.75 Å².